The van der Waals surface area contributed by atoms with Crippen molar-refractivity contribution in [3.8, 4) is 0 Å². The number of methoxy groups -OCH3 is 1. The van der Waals surface area contributed by atoms with E-state index in [2.05, 4.69) is 11.6 Å². The zero-order valence-electron chi connectivity index (χ0n) is 16.3. The molecule has 1 aliphatic rings. The third kappa shape index (κ3) is 3.07. The van der Waals surface area contributed by atoms with Gasteiger partial charge in [0.1, 0.15) is 6.04 Å². The summed E-state index contributed by atoms with van der Waals surface area (Å²) in [4.78, 5) is 16.1. The van der Waals surface area contributed by atoms with Crippen LogP contribution in [0.1, 0.15) is 22.9 Å². The molecule has 6 nitrogen and oxygen atoms in total. The molecule has 150 valence electrons. The fraction of sp³-hybridized carbons (Fsp3) is 0.227. The van der Waals surface area contributed by atoms with Crippen molar-refractivity contribution in [2.45, 2.75) is 30.3 Å². The molecule has 0 radical (unpaired) electrons. The molecule has 2 aromatic carbocycles. The van der Waals surface area contributed by atoms with E-state index in [0.29, 0.717) is 0 Å². The molecule has 0 fully saturated rings. The molecule has 1 aliphatic heterocycles. The lowest BCUT2D eigenvalue weighted by atomic mass is 9.94. The minimum Gasteiger partial charge on any atom is -0.468 e. The molecule has 2 atom stereocenters. The number of rotatable bonds is 4. The Morgan fingerprint density at radius 2 is 1.90 bits per heavy atom. The van der Waals surface area contributed by atoms with Crippen LogP contribution in [0.25, 0.3) is 10.9 Å². The summed E-state index contributed by atoms with van der Waals surface area (Å²) < 4.78 is 33.4. The van der Waals surface area contributed by atoms with Gasteiger partial charge in [0, 0.05) is 23.0 Å². The van der Waals surface area contributed by atoms with Gasteiger partial charge in [-0.05, 0) is 30.7 Å². The Morgan fingerprint density at radius 3 is 2.55 bits per heavy atom. The molecule has 0 saturated carbocycles. The molecule has 0 bridgehead atoms. The second-order valence-corrected chi connectivity index (χ2v) is 8.98. The minimum atomic E-state index is -3.98. The summed E-state index contributed by atoms with van der Waals surface area (Å²) in [6.07, 6.45) is 1.77. The van der Waals surface area contributed by atoms with Crippen LogP contribution in [0.2, 0.25) is 0 Å². The summed E-state index contributed by atoms with van der Waals surface area (Å²) in [6.45, 7) is 5.75. The predicted molar refractivity (Wildman–Crippen MR) is 111 cm³/mol. The monoisotopic (exact) mass is 410 g/mol. The number of aromatic nitrogens is 1. The lowest BCUT2D eigenvalue weighted by Gasteiger charge is -2.38. The highest BCUT2D eigenvalue weighted by Crippen LogP contribution is 2.41. The molecule has 0 saturated heterocycles. The Hall–Kier alpha value is -2.90. The first-order valence-corrected chi connectivity index (χ1v) is 10.7. The molecule has 1 N–H and O–H groups in total. The van der Waals surface area contributed by atoms with Crippen molar-refractivity contribution < 1.29 is 17.9 Å². The summed E-state index contributed by atoms with van der Waals surface area (Å²) in [5, 5.41) is 0.968. The first kappa shape index (κ1) is 19.4. The first-order valence-electron chi connectivity index (χ1n) is 9.28. The quantitative estimate of drug-likeness (QED) is 0.527. The number of carbonyl (C=O) groups excluding carboxylic acids is 1. The van der Waals surface area contributed by atoms with E-state index in [1.807, 2.05) is 31.2 Å². The molecule has 2 heterocycles. The number of sulfonamides is 1. The highest BCUT2D eigenvalue weighted by Gasteiger charge is 2.46. The average molecular weight is 410 g/mol. The molecular weight excluding hydrogens is 388 g/mol. The summed E-state index contributed by atoms with van der Waals surface area (Å²) in [6, 6.07) is 12.6. The summed E-state index contributed by atoms with van der Waals surface area (Å²) in [7, 11) is -2.71. The second-order valence-electron chi connectivity index (χ2n) is 7.13. The van der Waals surface area contributed by atoms with E-state index in [1.165, 1.54) is 11.4 Å². The van der Waals surface area contributed by atoms with Gasteiger partial charge in [0.05, 0.1) is 18.0 Å². The molecule has 4 rings (SSSR count). The van der Waals surface area contributed by atoms with Gasteiger partial charge < -0.3 is 9.72 Å². The molecule has 1 unspecified atom stereocenters. The van der Waals surface area contributed by atoms with E-state index < -0.39 is 28.1 Å². The number of hydrogen-bond acceptors (Lipinski definition) is 4. The van der Waals surface area contributed by atoms with Crippen molar-refractivity contribution in [3.63, 3.8) is 0 Å². The SMILES string of the molecule is C=CC1c2[nH]c3ccccc3c2C[C@@H](C(=O)OC)N1S(=O)(=O)c1ccc(C)cc1. The predicted octanol–water partition coefficient (Wildman–Crippen LogP) is 3.49. The molecule has 0 aliphatic carbocycles. The highest BCUT2D eigenvalue weighted by atomic mass is 32.2. The zero-order chi connectivity index (χ0) is 20.8. The van der Waals surface area contributed by atoms with Crippen LogP contribution in [-0.2, 0) is 26.0 Å². The number of fused-ring (bicyclic) bond motifs is 3. The maximum atomic E-state index is 13.6. The number of H-pyrrole nitrogens is 1. The van der Waals surface area contributed by atoms with Crippen molar-refractivity contribution in [2.24, 2.45) is 0 Å². The average Bonchev–Trinajstić information content (AvgIpc) is 3.10. The van der Waals surface area contributed by atoms with Gasteiger partial charge in [0.15, 0.2) is 0 Å². The third-order valence-corrected chi connectivity index (χ3v) is 7.32. The Kier molecular flexibility index (Phi) is 4.80. The van der Waals surface area contributed by atoms with Gasteiger partial charge in [-0.25, -0.2) is 8.42 Å². The second kappa shape index (κ2) is 7.17. The van der Waals surface area contributed by atoms with Crippen molar-refractivity contribution in [1.29, 1.82) is 0 Å². The van der Waals surface area contributed by atoms with Crippen LogP contribution in [-0.4, -0.2) is 36.8 Å². The fourth-order valence-corrected chi connectivity index (χ4v) is 5.70. The lowest BCUT2D eigenvalue weighted by molar-refractivity contribution is -0.145. The summed E-state index contributed by atoms with van der Waals surface area (Å²) in [5.41, 5.74) is 3.49. The number of aromatic amines is 1. The number of aryl methyl sites for hydroxylation is 1. The lowest BCUT2D eigenvalue weighted by Crippen LogP contribution is -2.51. The normalized spacial score (nSPS) is 19.7. The van der Waals surface area contributed by atoms with Crippen molar-refractivity contribution in [2.75, 3.05) is 7.11 Å². The van der Waals surface area contributed by atoms with Crippen LogP contribution >= 0.6 is 0 Å². The highest BCUT2D eigenvalue weighted by molar-refractivity contribution is 7.89. The van der Waals surface area contributed by atoms with Crippen LogP contribution in [0.15, 0.2) is 66.1 Å². The summed E-state index contributed by atoms with van der Waals surface area (Å²) >= 11 is 0. The van der Waals surface area contributed by atoms with E-state index in [4.69, 9.17) is 4.74 Å². The molecular formula is C22H22N2O4S. The largest absolute Gasteiger partial charge is 0.468 e. The Morgan fingerprint density at radius 1 is 1.21 bits per heavy atom. The van der Waals surface area contributed by atoms with Crippen molar-refractivity contribution in [3.05, 3.63) is 78.0 Å². The molecule has 3 aromatic rings. The van der Waals surface area contributed by atoms with Crippen LogP contribution < -0.4 is 0 Å². The minimum absolute atomic E-state index is 0.128. The smallest absolute Gasteiger partial charge is 0.324 e. The van der Waals surface area contributed by atoms with Crippen molar-refractivity contribution >= 4 is 26.9 Å². The van der Waals surface area contributed by atoms with Gasteiger partial charge >= 0.3 is 5.97 Å². The van der Waals surface area contributed by atoms with Gasteiger partial charge in [-0.1, -0.05) is 42.0 Å². The molecule has 7 heteroatoms. The number of esters is 1. The zero-order valence-corrected chi connectivity index (χ0v) is 17.1. The fourth-order valence-electron chi connectivity index (χ4n) is 3.99. The van der Waals surface area contributed by atoms with E-state index in [9.17, 15) is 13.2 Å². The topological polar surface area (TPSA) is 79.5 Å². The number of hydrogen-bond donors (Lipinski definition) is 1. The van der Waals surface area contributed by atoms with Gasteiger partial charge in [-0.15, -0.1) is 6.58 Å². The number of nitrogens with one attached hydrogen (secondary N) is 1. The van der Waals surface area contributed by atoms with Gasteiger partial charge in [0.2, 0.25) is 10.0 Å². The maximum absolute atomic E-state index is 13.6. The standard InChI is InChI=1S/C22H22N2O4S/c1-4-19-21-17(16-7-5-6-8-18(16)23-21)13-20(22(25)28-3)24(19)29(26,27)15-11-9-14(2)10-12-15/h4-12,19-20,23H,1,13H2,2-3H3/t19?,20-/m0/s1. The Labute approximate surface area is 169 Å². The number of carbonyl (C=O) groups is 1. The van der Waals surface area contributed by atoms with Gasteiger partial charge in [0.25, 0.3) is 0 Å². The Bertz CT molecular complexity index is 1200. The molecule has 0 amide bonds. The summed E-state index contributed by atoms with van der Waals surface area (Å²) in [5.74, 6) is -0.594. The first-order chi connectivity index (χ1) is 13.9. The number of nitrogens with zero attached hydrogens (tertiary/aromatic N) is 1. The number of para-hydroxylation sites is 1. The van der Waals surface area contributed by atoms with Crippen molar-refractivity contribution in [1.82, 2.24) is 9.29 Å². The maximum Gasteiger partial charge on any atom is 0.324 e. The number of ether oxygens (including phenoxy) is 1. The van der Waals surface area contributed by atoms with Gasteiger partial charge in [-0.3, -0.25) is 4.79 Å². The van der Waals surface area contributed by atoms with E-state index in [1.54, 1.807) is 30.3 Å². The van der Waals surface area contributed by atoms with Crippen LogP contribution in [0, 0.1) is 6.92 Å². The van der Waals surface area contributed by atoms with Crippen LogP contribution in [0.3, 0.4) is 0 Å². The van der Waals surface area contributed by atoms with E-state index in [0.717, 1.165) is 27.7 Å². The molecule has 29 heavy (non-hydrogen) atoms. The third-order valence-electron chi connectivity index (χ3n) is 5.41. The Balaban J connectivity index is 1.93. The van der Waals surface area contributed by atoms with E-state index >= 15 is 0 Å². The number of benzene rings is 2. The molecule has 0 spiro atoms. The van der Waals surface area contributed by atoms with E-state index in [-0.39, 0.29) is 11.3 Å². The molecule has 1 aromatic heterocycles. The van der Waals surface area contributed by atoms with Gasteiger partial charge in [-0.2, -0.15) is 4.31 Å². The van der Waals surface area contributed by atoms with Crippen LogP contribution in [0.5, 0.6) is 0 Å². The van der Waals surface area contributed by atoms with Crippen LogP contribution in [0.4, 0.5) is 0 Å².